The van der Waals surface area contributed by atoms with Gasteiger partial charge in [0.25, 0.3) is 11.6 Å². The van der Waals surface area contributed by atoms with Crippen molar-refractivity contribution in [2.75, 3.05) is 11.6 Å². The zero-order valence-corrected chi connectivity index (χ0v) is 11.9. The van der Waals surface area contributed by atoms with Gasteiger partial charge >= 0.3 is 0 Å². The lowest BCUT2D eigenvalue weighted by atomic mass is 10.1. The molecule has 6 nitrogen and oxygen atoms in total. The molecule has 0 saturated heterocycles. The molecule has 21 heavy (non-hydrogen) atoms. The van der Waals surface area contributed by atoms with Gasteiger partial charge in [-0.3, -0.25) is 14.9 Å². The van der Waals surface area contributed by atoms with Crippen molar-refractivity contribution in [2.24, 2.45) is 0 Å². The van der Waals surface area contributed by atoms with Gasteiger partial charge in [-0.1, -0.05) is 6.07 Å². The van der Waals surface area contributed by atoms with Crippen LogP contribution < -0.4 is 5.32 Å². The SMILES string of the molecule is CSc1cccc(NC(=O)c2cc(O)ccc2[N+](=O)[O-])c1. The van der Waals surface area contributed by atoms with Crippen LogP contribution >= 0.6 is 11.8 Å². The number of carbonyl (C=O) groups excluding carboxylic acids is 1. The molecule has 0 saturated carbocycles. The molecule has 0 bridgehead atoms. The summed E-state index contributed by atoms with van der Waals surface area (Å²) < 4.78 is 0. The average Bonchev–Trinajstić information content (AvgIpc) is 2.47. The third-order valence-corrected chi connectivity index (χ3v) is 3.47. The topological polar surface area (TPSA) is 92.5 Å². The fourth-order valence-electron chi connectivity index (χ4n) is 1.76. The molecule has 0 aromatic heterocycles. The minimum absolute atomic E-state index is 0.186. The van der Waals surface area contributed by atoms with E-state index in [1.54, 1.807) is 18.2 Å². The minimum atomic E-state index is -0.660. The van der Waals surface area contributed by atoms with Crippen LogP contribution in [0.2, 0.25) is 0 Å². The van der Waals surface area contributed by atoms with Gasteiger partial charge in [-0.2, -0.15) is 0 Å². The summed E-state index contributed by atoms with van der Waals surface area (Å²) >= 11 is 1.52. The number of nitro benzene ring substituents is 1. The van der Waals surface area contributed by atoms with Crippen molar-refractivity contribution in [2.45, 2.75) is 4.90 Å². The first-order valence-corrected chi connectivity index (χ1v) is 7.16. The van der Waals surface area contributed by atoms with Crippen LogP contribution in [-0.4, -0.2) is 22.2 Å². The number of phenols is 1. The number of thioether (sulfide) groups is 1. The highest BCUT2D eigenvalue weighted by Gasteiger charge is 2.20. The van der Waals surface area contributed by atoms with E-state index in [2.05, 4.69) is 5.32 Å². The van der Waals surface area contributed by atoms with Crippen molar-refractivity contribution in [3.8, 4) is 5.75 Å². The summed E-state index contributed by atoms with van der Waals surface area (Å²) in [5.41, 5.74) is -0.00892. The Hall–Kier alpha value is -2.54. The molecule has 1 amide bonds. The second-order valence-corrected chi connectivity index (χ2v) is 5.02. The lowest BCUT2D eigenvalue weighted by molar-refractivity contribution is -0.385. The molecule has 2 aromatic carbocycles. The third kappa shape index (κ3) is 3.51. The van der Waals surface area contributed by atoms with E-state index in [1.807, 2.05) is 12.3 Å². The number of amides is 1. The Kier molecular flexibility index (Phi) is 4.44. The molecule has 0 aliphatic rings. The highest BCUT2D eigenvalue weighted by molar-refractivity contribution is 7.98. The number of hydrogen-bond acceptors (Lipinski definition) is 5. The Morgan fingerprint density at radius 2 is 2.05 bits per heavy atom. The Balaban J connectivity index is 2.31. The zero-order valence-electron chi connectivity index (χ0n) is 11.1. The van der Waals surface area contributed by atoms with Crippen molar-refractivity contribution in [3.05, 3.63) is 58.1 Å². The normalized spacial score (nSPS) is 10.1. The van der Waals surface area contributed by atoms with Gasteiger partial charge < -0.3 is 10.4 Å². The predicted octanol–water partition coefficient (Wildman–Crippen LogP) is 3.27. The number of nitrogens with one attached hydrogen (secondary N) is 1. The number of rotatable bonds is 4. The maximum Gasteiger partial charge on any atom is 0.282 e. The highest BCUT2D eigenvalue weighted by atomic mass is 32.2. The fourth-order valence-corrected chi connectivity index (χ4v) is 2.22. The molecule has 108 valence electrons. The molecule has 0 aliphatic heterocycles. The van der Waals surface area contributed by atoms with Crippen molar-refractivity contribution in [1.82, 2.24) is 0 Å². The lowest BCUT2D eigenvalue weighted by Gasteiger charge is -2.07. The van der Waals surface area contributed by atoms with Crippen LogP contribution in [0.3, 0.4) is 0 Å². The molecule has 0 aliphatic carbocycles. The predicted molar refractivity (Wildman–Crippen MR) is 80.9 cm³/mol. The molecule has 0 heterocycles. The summed E-state index contributed by atoms with van der Waals surface area (Å²) in [6.07, 6.45) is 1.90. The Bertz CT molecular complexity index is 703. The number of phenolic OH excluding ortho intramolecular Hbond substituents is 1. The van der Waals surface area contributed by atoms with Crippen molar-refractivity contribution < 1.29 is 14.8 Å². The van der Waals surface area contributed by atoms with E-state index in [1.165, 1.54) is 17.8 Å². The molecule has 0 atom stereocenters. The molecule has 7 heteroatoms. The molecular formula is C14H12N2O4S. The maximum absolute atomic E-state index is 12.2. The third-order valence-electron chi connectivity index (χ3n) is 2.75. The van der Waals surface area contributed by atoms with Gasteiger partial charge in [0, 0.05) is 16.6 Å². The molecular weight excluding hydrogens is 292 g/mol. The fraction of sp³-hybridized carbons (Fsp3) is 0.0714. The van der Waals surface area contributed by atoms with E-state index in [-0.39, 0.29) is 17.0 Å². The minimum Gasteiger partial charge on any atom is -0.508 e. The van der Waals surface area contributed by atoms with Gasteiger partial charge in [-0.15, -0.1) is 11.8 Å². The van der Waals surface area contributed by atoms with Crippen LogP contribution in [-0.2, 0) is 0 Å². The van der Waals surface area contributed by atoms with Gasteiger partial charge in [-0.05, 0) is 36.6 Å². The molecule has 2 rings (SSSR count). The van der Waals surface area contributed by atoms with Crippen LogP contribution in [0.5, 0.6) is 5.75 Å². The van der Waals surface area contributed by atoms with Gasteiger partial charge in [0.15, 0.2) is 0 Å². The number of benzene rings is 2. The number of aromatic hydroxyl groups is 1. The average molecular weight is 304 g/mol. The second-order valence-electron chi connectivity index (χ2n) is 4.14. The van der Waals surface area contributed by atoms with E-state index in [0.717, 1.165) is 17.0 Å². The quantitative estimate of drug-likeness (QED) is 0.514. The number of nitro groups is 1. The summed E-state index contributed by atoms with van der Waals surface area (Å²) in [6.45, 7) is 0. The molecule has 0 fully saturated rings. The number of nitrogens with zero attached hydrogens (tertiary/aromatic N) is 1. The molecule has 0 unspecified atom stereocenters. The molecule has 2 aromatic rings. The molecule has 2 N–H and O–H groups in total. The summed E-state index contributed by atoms with van der Waals surface area (Å²) in [5.74, 6) is -0.848. The van der Waals surface area contributed by atoms with Crippen LogP contribution in [0.1, 0.15) is 10.4 Å². The largest absolute Gasteiger partial charge is 0.508 e. The zero-order chi connectivity index (χ0) is 15.4. The van der Waals surface area contributed by atoms with E-state index in [0.29, 0.717) is 5.69 Å². The van der Waals surface area contributed by atoms with Gasteiger partial charge in [0.05, 0.1) is 4.92 Å². The van der Waals surface area contributed by atoms with Crippen LogP contribution in [0.4, 0.5) is 11.4 Å². The van der Waals surface area contributed by atoms with Crippen molar-refractivity contribution >= 4 is 29.0 Å². The molecule has 0 radical (unpaired) electrons. The van der Waals surface area contributed by atoms with Gasteiger partial charge in [0.2, 0.25) is 0 Å². The second kappa shape index (κ2) is 6.27. The lowest BCUT2D eigenvalue weighted by Crippen LogP contribution is -2.13. The summed E-state index contributed by atoms with van der Waals surface area (Å²) in [4.78, 5) is 23.4. The monoisotopic (exact) mass is 304 g/mol. The Morgan fingerprint density at radius 3 is 2.71 bits per heavy atom. The summed E-state index contributed by atoms with van der Waals surface area (Å²) in [7, 11) is 0. The van der Waals surface area contributed by atoms with E-state index < -0.39 is 10.8 Å². The highest BCUT2D eigenvalue weighted by Crippen LogP contribution is 2.25. The smallest absolute Gasteiger partial charge is 0.282 e. The van der Waals surface area contributed by atoms with Gasteiger partial charge in [0.1, 0.15) is 11.3 Å². The Labute approximate surface area is 125 Å². The van der Waals surface area contributed by atoms with E-state index in [4.69, 9.17) is 0 Å². The maximum atomic E-state index is 12.2. The summed E-state index contributed by atoms with van der Waals surface area (Å²) in [6, 6.07) is 10.5. The standard InChI is InChI=1S/C14H12N2O4S/c1-21-11-4-2-3-9(7-11)15-14(18)12-8-10(17)5-6-13(12)16(19)20/h2-8,17H,1H3,(H,15,18). The number of anilines is 1. The summed E-state index contributed by atoms with van der Waals surface area (Å²) in [5, 5.41) is 22.9. The van der Waals surface area contributed by atoms with E-state index >= 15 is 0 Å². The van der Waals surface area contributed by atoms with Crippen molar-refractivity contribution in [1.29, 1.82) is 0 Å². The molecule has 0 spiro atoms. The van der Waals surface area contributed by atoms with Crippen LogP contribution in [0.25, 0.3) is 0 Å². The van der Waals surface area contributed by atoms with Crippen LogP contribution in [0, 0.1) is 10.1 Å². The number of hydrogen-bond donors (Lipinski definition) is 2. The van der Waals surface area contributed by atoms with E-state index in [9.17, 15) is 20.0 Å². The Morgan fingerprint density at radius 1 is 1.29 bits per heavy atom. The number of carbonyl (C=O) groups is 1. The van der Waals surface area contributed by atoms with Crippen molar-refractivity contribution in [3.63, 3.8) is 0 Å². The first-order valence-electron chi connectivity index (χ1n) is 5.94. The first-order chi connectivity index (χ1) is 10.0. The van der Waals surface area contributed by atoms with Crippen LogP contribution in [0.15, 0.2) is 47.4 Å². The first kappa shape index (κ1) is 14.9. The van der Waals surface area contributed by atoms with Gasteiger partial charge in [-0.25, -0.2) is 0 Å².